The summed E-state index contributed by atoms with van der Waals surface area (Å²) in [7, 11) is 1.54. The van der Waals surface area contributed by atoms with E-state index in [0.717, 1.165) is 0 Å². The molecule has 0 spiro atoms. The van der Waals surface area contributed by atoms with Crippen LogP contribution in [0.2, 0.25) is 5.02 Å². The summed E-state index contributed by atoms with van der Waals surface area (Å²) in [6.07, 6.45) is 1.49. The van der Waals surface area contributed by atoms with Gasteiger partial charge in [0.25, 0.3) is 11.8 Å². The number of nitrogens with zero attached hydrogens (tertiary/aromatic N) is 2. The summed E-state index contributed by atoms with van der Waals surface area (Å²) in [5.74, 6) is 0.0386. The molecule has 0 unspecified atom stereocenters. The number of nitriles is 1. The highest BCUT2D eigenvalue weighted by Crippen LogP contribution is 2.26. The normalized spacial score (nSPS) is 14.5. The molecule has 7 nitrogen and oxygen atoms in total. The molecule has 1 aliphatic heterocycles. The lowest BCUT2D eigenvalue weighted by Crippen LogP contribution is -2.54. The zero-order chi connectivity index (χ0) is 24.9. The molecule has 9 heteroatoms. The van der Waals surface area contributed by atoms with Crippen LogP contribution in [0.25, 0.3) is 6.08 Å². The molecule has 2 amide bonds. The molecule has 0 saturated carbocycles. The van der Waals surface area contributed by atoms with Gasteiger partial charge in [0.1, 0.15) is 23.7 Å². The molecule has 1 N–H and O–H groups in total. The summed E-state index contributed by atoms with van der Waals surface area (Å²) in [6.45, 7) is 0.174. The van der Waals surface area contributed by atoms with Crippen molar-refractivity contribution >= 4 is 52.5 Å². The lowest BCUT2D eigenvalue weighted by atomic mass is 10.0. The number of anilines is 1. The number of carbonyl (C=O) groups is 2. The number of halogens is 1. The van der Waals surface area contributed by atoms with Crippen molar-refractivity contribution in [2.75, 3.05) is 12.0 Å². The van der Waals surface area contributed by atoms with E-state index in [2.05, 4.69) is 11.4 Å². The van der Waals surface area contributed by atoms with Crippen LogP contribution in [0.3, 0.4) is 0 Å². The topological polar surface area (TPSA) is 91.7 Å². The van der Waals surface area contributed by atoms with Gasteiger partial charge in [-0.3, -0.25) is 19.8 Å². The molecule has 0 bridgehead atoms. The standard InChI is InChI=1S/C26H18ClN3O4S/c1-33-23-11-4-17(12-18(23)15-34-21-9-2-16(14-28)3-10-21)13-22-24(31)29-26(35)30(25(22)32)20-7-5-19(27)6-8-20/h2-13H,15H2,1H3,(H,29,31,35). The maximum atomic E-state index is 13.2. The Morgan fingerprint density at radius 1 is 1.09 bits per heavy atom. The third-order valence-corrected chi connectivity index (χ3v) is 5.72. The maximum absolute atomic E-state index is 13.2. The van der Waals surface area contributed by atoms with E-state index in [0.29, 0.717) is 38.9 Å². The molecule has 0 aromatic heterocycles. The minimum Gasteiger partial charge on any atom is -0.496 e. The minimum absolute atomic E-state index is 0.00860. The maximum Gasteiger partial charge on any atom is 0.270 e. The van der Waals surface area contributed by atoms with Crippen LogP contribution in [0.4, 0.5) is 5.69 Å². The predicted octanol–water partition coefficient (Wildman–Crippen LogP) is 4.63. The first-order valence-corrected chi connectivity index (χ1v) is 11.1. The number of carbonyl (C=O) groups excluding carboxylic acids is 2. The lowest BCUT2D eigenvalue weighted by Gasteiger charge is -2.29. The SMILES string of the molecule is COc1ccc(C=C2C(=O)NC(=S)N(c3ccc(Cl)cc3)C2=O)cc1COc1ccc(C#N)cc1. The van der Waals surface area contributed by atoms with E-state index in [9.17, 15) is 9.59 Å². The molecule has 1 fully saturated rings. The summed E-state index contributed by atoms with van der Waals surface area (Å²) in [5.41, 5.74) is 2.26. The summed E-state index contributed by atoms with van der Waals surface area (Å²) in [5, 5.41) is 12.0. The average Bonchev–Trinajstić information content (AvgIpc) is 2.86. The van der Waals surface area contributed by atoms with Gasteiger partial charge in [-0.15, -0.1) is 0 Å². The fourth-order valence-corrected chi connectivity index (χ4v) is 3.84. The van der Waals surface area contributed by atoms with Crippen molar-refractivity contribution in [2.24, 2.45) is 0 Å². The quantitative estimate of drug-likeness (QED) is 0.299. The number of rotatable bonds is 6. The van der Waals surface area contributed by atoms with Gasteiger partial charge in [-0.1, -0.05) is 17.7 Å². The summed E-state index contributed by atoms with van der Waals surface area (Å²) in [4.78, 5) is 27.1. The molecule has 4 rings (SSSR count). The molecule has 1 saturated heterocycles. The van der Waals surface area contributed by atoms with Gasteiger partial charge >= 0.3 is 0 Å². The van der Waals surface area contributed by atoms with Crippen LogP contribution < -0.4 is 19.7 Å². The Hall–Kier alpha value is -4.19. The van der Waals surface area contributed by atoms with E-state index >= 15 is 0 Å². The van der Waals surface area contributed by atoms with Crippen LogP contribution in [0.5, 0.6) is 11.5 Å². The molecule has 3 aromatic rings. The Morgan fingerprint density at radius 3 is 2.46 bits per heavy atom. The molecule has 1 aliphatic rings. The highest BCUT2D eigenvalue weighted by molar-refractivity contribution is 7.80. The van der Waals surface area contributed by atoms with Crippen molar-refractivity contribution < 1.29 is 19.1 Å². The highest BCUT2D eigenvalue weighted by Gasteiger charge is 2.34. The fraction of sp³-hybridized carbons (Fsp3) is 0.0769. The summed E-state index contributed by atoms with van der Waals surface area (Å²) in [6, 6.07) is 20.6. The van der Waals surface area contributed by atoms with Gasteiger partial charge in [0.15, 0.2) is 5.11 Å². The first-order chi connectivity index (χ1) is 16.9. The Bertz CT molecular complexity index is 1380. The van der Waals surface area contributed by atoms with E-state index in [1.54, 1.807) is 73.8 Å². The van der Waals surface area contributed by atoms with Crippen LogP contribution in [0, 0.1) is 11.3 Å². The number of hydrogen-bond donors (Lipinski definition) is 1. The van der Waals surface area contributed by atoms with E-state index in [1.165, 1.54) is 11.0 Å². The van der Waals surface area contributed by atoms with Crippen LogP contribution in [-0.4, -0.2) is 24.0 Å². The van der Waals surface area contributed by atoms with Gasteiger partial charge < -0.3 is 9.47 Å². The van der Waals surface area contributed by atoms with Crippen molar-refractivity contribution in [2.45, 2.75) is 6.61 Å². The van der Waals surface area contributed by atoms with Gasteiger partial charge in [0, 0.05) is 10.6 Å². The number of ether oxygens (including phenoxy) is 2. The van der Waals surface area contributed by atoms with Crippen LogP contribution in [0.15, 0.2) is 72.3 Å². The lowest BCUT2D eigenvalue weighted by molar-refractivity contribution is -0.122. The smallest absolute Gasteiger partial charge is 0.270 e. The number of hydrogen-bond acceptors (Lipinski definition) is 6. The van der Waals surface area contributed by atoms with Gasteiger partial charge in [-0.05, 0) is 84.5 Å². The first kappa shape index (κ1) is 24.0. The molecule has 3 aromatic carbocycles. The Kier molecular flexibility index (Phi) is 7.11. The second-order valence-electron chi connectivity index (χ2n) is 7.43. The van der Waals surface area contributed by atoms with E-state index in [4.69, 9.17) is 38.6 Å². The van der Waals surface area contributed by atoms with Crippen molar-refractivity contribution in [3.05, 3.63) is 94.0 Å². The van der Waals surface area contributed by atoms with Crippen molar-refractivity contribution in [1.82, 2.24) is 5.32 Å². The molecular weight excluding hydrogens is 486 g/mol. The number of amides is 2. The Balaban J connectivity index is 1.61. The van der Waals surface area contributed by atoms with Gasteiger partial charge in [-0.25, -0.2) is 0 Å². The first-order valence-electron chi connectivity index (χ1n) is 10.4. The number of benzene rings is 3. The van der Waals surface area contributed by atoms with Crippen molar-refractivity contribution in [3.63, 3.8) is 0 Å². The van der Waals surface area contributed by atoms with Crippen LogP contribution >= 0.6 is 23.8 Å². The second-order valence-corrected chi connectivity index (χ2v) is 8.25. The molecule has 0 aliphatic carbocycles. The molecule has 174 valence electrons. The van der Waals surface area contributed by atoms with Crippen molar-refractivity contribution in [3.8, 4) is 17.6 Å². The molecule has 0 atom stereocenters. The third kappa shape index (κ3) is 5.32. The number of nitrogens with one attached hydrogen (secondary N) is 1. The van der Waals surface area contributed by atoms with Crippen LogP contribution in [0.1, 0.15) is 16.7 Å². The van der Waals surface area contributed by atoms with Crippen LogP contribution in [-0.2, 0) is 16.2 Å². The zero-order valence-corrected chi connectivity index (χ0v) is 20.0. The van der Waals surface area contributed by atoms with Crippen molar-refractivity contribution in [1.29, 1.82) is 5.26 Å². The fourth-order valence-electron chi connectivity index (χ4n) is 3.44. The summed E-state index contributed by atoms with van der Waals surface area (Å²) >= 11 is 11.2. The summed E-state index contributed by atoms with van der Waals surface area (Å²) < 4.78 is 11.3. The zero-order valence-electron chi connectivity index (χ0n) is 18.4. The monoisotopic (exact) mass is 503 g/mol. The molecular formula is C26H18ClN3O4S. The average molecular weight is 504 g/mol. The number of thiocarbonyl (C=S) groups is 1. The van der Waals surface area contributed by atoms with Gasteiger partial charge in [-0.2, -0.15) is 5.26 Å². The third-order valence-electron chi connectivity index (χ3n) is 5.18. The molecule has 35 heavy (non-hydrogen) atoms. The van der Waals surface area contributed by atoms with Gasteiger partial charge in [0.2, 0.25) is 0 Å². The van der Waals surface area contributed by atoms with E-state index < -0.39 is 11.8 Å². The predicted molar refractivity (Wildman–Crippen MR) is 136 cm³/mol. The van der Waals surface area contributed by atoms with Gasteiger partial charge in [0.05, 0.1) is 24.4 Å². The molecule has 0 radical (unpaired) electrons. The Morgan fingerprint density at radius 2 is 1.80 bits per heavy atom. The minimum atomic E-state index is -0.587. The highest BCUT2D eigenvalue weighted by atomic mass is 35.5. The number of methoxy groups -OCH3 is 1. The largest absolute Gasteiger partial charge is 0.496 e. The van der Waals surface area contributed by atoms with E-state index in [1.807, 2.05) is 0 Å². The van der Waals surface area contributed by atoms with E-state index in [-0.39, 0.29) is 17.3 Å². The second kappa shape index (κ2) is 10.4. The molecule has 1 heterocycles. The Labute approximate surface area is 212 Å².